The van der Waals surface area contributed by atoms with Crippen molar-refractivity contribution < 1.29 is 24.5 Å². The van der Waals surface area contributed by atoms with Crippen LogP contribution in [0.2, 0.25) is 0 Å². The van der Waals surface area contributed by atoms with E-state index in [1.165, 1.54) is 173 Å². The Balaban J connectivity index is 4.61. The summed E-state index contributed by atoms with van der Waals surface area (Å²) in [6.45, 7) is 6.48. The molecular weight excluding hydrogens is 875 g/mol. The molecule has 0 rings (SSSR count). The molecule has 0 saturated carbocycles. The SMILES string of the molecule is CCCCC/C=C\C/C=C\C/C=C\C/C=C\CCCCCC(=O)OC(CCCCC/C=C/CCCCCCCCCCC)CC(=O)NC(CO)C(O)CCCCCCCCCCCCCCCCCCC. The van der Waals surface area contributed by atoms with E-state index in [4.69, 9.17) is 4.74 Å². The van der Waals surface area contributed by atoms with Crippen LogP contribution < -0.4 is 5.32 Å². The summed E-state index contributed by atoms with van der Waals surface area (Å²) in [5.41, 5.74) is 0. The van der Waals surface area contributed by atoms with Crippen molar-refractivity contribution in [3.05, 3.63) is 60.8 Å². The second-order valence-corrected chi connectivity index (χ2v) is 21.1. The molecule has 0 aromatic carbocycles. The first kappa shape index (κ1) is 68.6. The largest absolute Gasteiger partial charge is 0.462 e. The highest BCUT2D eigenvalue weighted by Crippen LogP contribution is 2.18. The van der Waals surface area contributed by atoms with Crippen molar-refractivity contribution in [3.63, 3.8) is 0 Å². The van der Waals surface area contributed by atoms with Crippen molar-refractivity contribution in [1.82, 2.24) is 5.32 Å². The fourth-order valence-electron chi connectivity index (χ4n) is 9.35. The summed E-state index contributed by atoms with van der Waals surface area (Å²) in [7, 11) is 0. The molecule has 414 valence electrons. The van der Waals surface area contributed by atoms with Gasteiger partial charge >= 0.3 is 5.97 Å². The second-order valence-electron chi connectivity index (χ2n) is 21.1. The third-order valence-electron chi connectivity index (χ3n) is 14.1. The van der Waals surface area contributed by atoms with Gasteiger partial charge in [0.2, 0.25) is 5.91 Å². The van der Waals surface area contributed by atoms with E-state index in [1.807, 2.05) is 0 Å². The first-order chi connectivity index (χ1) is 35.0. The second kappa shape index (κ2) is 58.4. The Bertz CT molecular complexity index is 1250. The Kier molecular flexibility index (Phi) is 56.4. The van der Waals surface area contributed by atoms with Gasteiger partial charge in [0.1, 0.15) is 6.10 Å². The first-order valence-electron chi connectivity index (χ1n) is 31.0. The highest BCUT2D eigenvalue weighted by molar-refractivity contribution is 5.77. The highest BCUT2D eigenvalue weighted by Gasteiger charge is 2.24. The number of hydrogen-bond donors (Lipinski definition) is 3. The molecule has 0 radical (unpaired) electrons. The number of carbonyl (C=O) groups excluding carboxylic acids is 2. The summed E-state index contributed by atoms with van der Waals surface area (Å²) in [5, 5.41) is 24.0. The number of aliphatic hydroxyl groups is 2. The van der Waals surface area contributed by atoms with Crippen LogP contribution in [0.4, 0.5) is 0 Å². The highest BCUT2D eigenvalue weighted by atomic mass is 16.5. The molecule has 0 fully saturated rings. The van der Waals surface area contributed by atoms with Gasteiger partial charge in [0, 0.05) is 6.42 Å². The lowest BCUT2D eigenvalue weighted by molar-refractivity contribution is -0.151. The fourth-order valence-corrected chi connectivity index (χ4v) is 9.35. The van der Waals surface area contributed by atoms with Gasteiger partial charge in [-0.15, -0.1) is 0 Å². The van der Waals surface area contributed by atoms with E-state index in [0.29, 0.717) is 19.3 Å². The average molecular weight is 995 g/mol. The number of hydrogen-bond acceptors (Lipinski definition) is 5. The van der Waals surface area contributed by atoms with Gasteiger partial charge in [0.15, 0.2) is 0 Å². The summed E-state index contributed by atoms with van der Waals surface area (Å²) >= 11 is 0. The molecule has 0 spiro atoms. The van der Waals surface area contributed by atoms with Gasteiger partial charge in [-0.05, 0) is 96.3 Å². The maximum Gasteiger partial charge on any atom is 0.306 e. The summed E-state index contributed by atoms with van der Waals surface area (Å²) in [4.78, 5) is 26.3. The molecule has 71 heavy (non-hydrogen) atoms. The summed E-state index contributed by atoms with van der Waals surface area (Å²) < 4.78 is 5.96. The van der Waals surface area contributed by atoms with Crippen LogP contribution in [0.5, 0.6) is 0 Å². The van der Waals surface area contributed by atoms with Crippen molar-refractivity contribution in [2.75, 3.05) is 6.61 Å². The van der Waals surface area contributed by atoms with E-state index in [9.17, 15) is 19.8 Å². The van der Waals surface area contributed by atoms with Crippen molar-refractivity contribution in [3.8, 4) is 0 Å². The average Bonchev–Trinajstić information content (AvgIpc) is 3.36. The van der Waals surface area contributed by atoms with Crippen LogP contribution in [0.3, 0.4) is 0 Å². The van der Waals surface area contributed by atoms with Crippen LogP contribution in [0.25, 0.3) is 0 Å². The standard InChI is InChI=1S/C65H119NO5/c1-4-7-10-13-16-19-22-25-28-31-32-34-37-40-43-46-49-52-55-58-65(70)71-61(56-53-50-47-44-41-38-35-30-27-24-21-18-15-12-9-6-3)59-64(69)66-62(60-67)63(68)57-54-51-48-45-42-39-36-33-29-26-23-20-17-14-11-8-5-2/h16,19,25,28,32,34,38,40-41,43,61-63,67-68H,4-15,17-18,20-24,26-27,29-31,33,35-37,39,42,44-60H2,1-3H3,(H,66,69)/b19-16-,28-25-,34-32-,41-38+,43-40-. The van der Waals surface area contributed by atoms with Gasteiger partial charge < -0.3 is 20.3 Å². The van der Waals surface area contributed by atoms with E-state index in [1.54, 1.807) is 0 Å². The number of ether oxygens (including phenoxy) is 1. The molecule has 6 nitrogen and oxygen atoms in total. The normalized spacial score (nSPS) is 13.5. The van der Waals surface area contributed by atoms with Gasteiger partial charge in [-0.25, -0.2) is 0 Å². The molecule has 3 unspecified atom stereocenters. The Hall–Kier alpha value is -2.44. The van der Waals surface area contributed by atoms with Crippen LogP contribution in [0.15, 0.2) is 60.8 Å². The lowest BCUT2D eigenvalue weighted by atomic mass is 10.0. The van der Waals surface area contributed by atoms with Gasteiger partial charge in [-0.1, -0.05) is 268 Å². The molecule has 0 aromatic rings. The van der Waals surface area contributed by atoms with E-state index >= 15 is 0 Å². The Morgan fingerprint density at radius 3 is 1.14 bits per heavy atom. The van der Waals surface area contributed by atoms with Crippen LogP contribution in [0.1, 0.15) is 316 Å². The number of amides is 1. The Labute approximate surface area is 441 Å². The van der Waals surface area contributed by atoms with E-state index in [2.05, 4.69) is 86.8 Å². The monoisotopic (exact) mass is 994 g/mol. The zero-order valence-electron chi connectivity index (χ0n) is 47.4. The summed E-state index contributed by atoms with van der Waals surface area (Å²) in [6, 6.07) is -0.716. The third kappa shape index (κ3) is 53.7. The molecule has 3 N–H and O–H groups in total. The Morgan fingerprint density at radius 2 is 0.718 bits per heavy atom. The number of allylic oxidation sites excluding steroid dienone is 10. The number of nitrogens with one attached hydrogen (secondary N) is 1. The number of aliphatic hydroxyl groups excluding tert-OH is 2. The quantitative estimate of drug-likeness (QED) is 0.0321. The van der Waals surface area contributed by atoms with E-state index in [0.717, 1.165) is 96.3 Å². The number of esters is 1. The molecule has 3 atom stereocenters. The predicted octanol–water partition coefficient (Wildman–Crippen LogP) is 19.5. The van der Waals surface area contributed by atoms with Gasteiger partial charge in [-0.3, -0.25) is 9.59 Å². The van der Waals surface area contributed by atoms with Crippen LogP contribution in [0, 0.1) is 0 Å². The maximum atomic E-state index is 13.3. The molecule has 0 bridgehead atoms. The molecule has 0 aliphatic rings. The topological polar surface area (TPSA) is 95.9 Å². The fraction of sp³-hybridized carbons (Fsp3) is 0.815. The van der Waals surface area contributed by atoms with E-state index in [-0.39, 0.29) is 24.9 Å². The molecule has 6 heteroatoms. The number of carbonyl (C=O) groups is 2. The zero-order valence-corrected chi connectivity index (χ0v) is 47.4. The minimum atomic E-state index is -0.800. The maximum absolute atomic E-state index is 13.3. The predicted molar refractivity (Wildman–Crippen MR) is 310 cm³/mol. The molecule has 0 aliphatic carbocycles. The molecule has 0 aromatic heterocycles. The molecular formula is C65H119NO5. The van der Waals surface area contributed by atoms with Crippen molar-refractivity contribution in [2.24, 2.45) is 0 Å². The lowest BCUT2D eigenvalue weighted by Crippen LogP contribution is -2.46. The molecule has 0 saturated heterocycles. The van der Waals surface area contributed by atoms with Crippen molar-refractivity contribution >= 4 is 11.9 Å². The van der Waals surface area contributed by atoms with Gasteiger partial charge in [0.25, 0.3) is 0 Å². The van der Waals surface area contributed by atoms with Crippen molar-refractivity contribution in [2.45, 2.75) is 334 Å². The molecule has 0 heterocycles. The van der Waals surface area contributed by atoms with E-state index < -0.39 is 18.2 Å². The van der Waals surface area contributed by atoms with Crippen molar-refractivity contribution in [1.29, 1.82) is 0 Å². The van der Waals surface area contributed by atoms with Crippen LogP contribution >= 0.6 is 0 Å². The number of unbranched alkanes of at least 4 members (excludes halogenated alkanes) is 34. The van der Waals surface area contributed by atoms with Crippen LogP contribution in [-0.2, 0) is 14.3 Å². The minimum Gasteiger partial charge on any atom is -0.462 e. The molecule has 0 aliphatic heterocycles. The smallest absolute Gasteiger partial charge is 0.306 e. The zero-order chi connectivity index (χ0) is 51.6. The van der Waals surface area contributed by atoms with Gasteiger partial charge in [-0.2, -0.15) is 0 Å². The summed E-state index contributed by atoms with van der Waals surface area (Å²) in [5.74, 6) is -0.515. The van der Waals surface area contributed by atoms with Gasteiger partial charge in [0.05, 0.1) is 25.2 Å². The minimum absolute atomic E-state index is 0.0544. The first-order valence-corrected chi connectivity index (χ1v) is 31.0. The Morgan fingerprint density at radius 1 is 0.408 bits per heavy atom. The number of rotatable bonds is 56. The summed E-state index contributed by atoms with van der Waals surface area (Å²) in [6.07, 6.45) is 74.3. The molecule has 1 amide bonds. The third-order valence-corrected chi connectivity index (χ3v) is 14.1. The lowest BCUT2D eigenvalue weighted by Gasteiger charge is -2.24. The van der Waals surface area contributed by atoms with Crippen LogP contribution in [-0.4, -0.2) is 46.9 Å².